The van der Waals surface area contributed by atoms with Crippen LogP contribution in [0, 0.1) is 17.3 Å². The van der Waals surface area contributed by atoms with Crippen LogP contribution in [0.1, 0.15) is 26.2 Å². The molecule has 0 aromatic rings. The SMILES string of the molecule is C=C(C)C1CC(C(=O)OC)(C(=O)OC)CC1CC(O)OC. The first-order valence-electron chi connectivity index (χ1n) is 6.85. The molecule has 0 saturated heterocycles. The van der Waals surface area contributed by atoms with E-state index in [1.165, 1.54) is 21.3 Å². The fraction of sp³-hybridized carbons (Fsp3) is 0.733. The number of hydrogen-bond acceptors (Lipinski definition) is 6. The highest BCUT2D eigenvalue weighted by Gasteiger charge is 2.57. The Morgan fingerprint density at radius 1 is 1.24 bits per heavy atom. The first-order chi connectivity index (χ1) is 9.82. The van der Waals surface area contributed by atoms with Crippen molar-refractivity contribution in [3.8, 4) is 0 Å². The summed E-state index contributed by atoms with van der Waals surface area (Å²) in [6.07, 6.45) is -0.0837. The van der Waals surface area contributed by atoms with Gasteiger partial charge in [-0.25, -0.2) is 0 Å². The van der Waals surface area contributed by atoms with E-state index in [1.54, 1.807) is 0 Å². The second kappa shape index (κ2) is 7.04. The maximum Gasteiger partial charge on any atom is 0.323 e. The second-order valence-corrected chi connectivity index (χ2v) is 5.61. The van der Waals surface area contributed by atoms with Gasteiger partial charge in [0.05, 0.1) is 14.2 Å². The minimum atomic E-state index is -1.33. The molecule has 0 aromatic carbocycles. The molecule has 0 spiro atoms. The number of ether oxygens (including phenoxy) is 3. The van der Waals surface area contributed by atoms with Crippen molar-refractivity contribution in [3.63, 3.8) is 0 Å². The number of aliphatic hydroxyl groups is 1. The molecule has 3 atom stereocenters. The van der Waals surface area contributed by atoms with Crippen LogP contribution in [0.4, 0.5) is 0 Å². The van der Waals surface area contributed by atoms with Crippen LogP contribution in [0.5, 0.6) is 0 Å². The highest BCUT2D eigenvalue weighted by Crippen LogP contribution is 2.51. The Balaban J connectivity index is 3.11. The number of hydrogen-bond donors (Lipinski definition) is 1. The van der Waals surface area contributed by atoms with Crippen molar-refractivity contribution in [3.05, 3.63) is 12.2 Å². The van der Waals surface area contributed by atoms with Crippen molar-refractivity contribution in [2.75, 3.05) is 21.3 Å². The van der Waals surface area contributed by atoms with Gasteiger partial charge in [0.2, 0.25) is 0 Å². The van der Waals surface area contributed by atoms with Gasteiger partial charge in [0, 0.05) is 13.5 Å². The molecule has 21 heavy (non-hydrogen) atoms. The summed E-state index contributed by atoms with van der Waals surface area (Å²) in [7, 11) is 3.91. The van der Waals surface area contributed by atoms with E-state index in [9.17, 15) is 14.7 Å². The van der Waals surface area contributed by atoms with Gasteiger partial charge in [0.1, 0.15) is 0 Å². The zero-order valence-electron chi connectivity index (χ0n) is 13.0. The smallest absolute Gasteiger partial charge is 0.323 e. The summed E-state index contributed by atoms with van der Waals surface area (Å²) in [6, 6.07) is 0. The fourth-order valence-corrected chi connectivity index (χ4v) is 3.20. The Bertz CT molecular complexity index is 400. The number of aliphatic hydroxyl groups excluding tert-OH is 1. The first kappa shape index (κ1) is 17.7. The highest BCUT2D eigenvalue weighted by atomic mass is 16.6. The third-order valence-corrected chi connectivity index (χ3v) is 4.31. The van der Waals surface area contributed by atoms with Crippen molar-refractivity contribution in [2.24, 2.45) is 17.3 Å². The number of carbonyl (C=O) groups is 2. The Morgan fingerprint density at radius 2 is 1.76 bits per heavy atom. The molecule has 0 aromatic heterocycles. The molecule has 0 aliphatic heterocycles. The Kier molecular flexibility index (Phi) is 5.92. The number of carbonyl (C=O) groups excluding carboxylic acids is 2. The summed E-state index contributed by atoms with van der Waals surface area (Å²) < 4.78 is 14.5. The summed E-state index contributed by atoms with van der Waals surface area (Å²) in [5.41, 5.74) is -0.469. The van der Waals surface area contributed by atoms with Crippen LogP contribution < -0.4 is 0 Å². The lowest BCUT2D eigenvalue weighted by molar-refractivity contribution is -0.169. The van der Waals surface area contributed by atoms with E-state index in [2.05, 4.69) is 6.58 Å². The van der Waals surface area contributed by atoms with E-state index in [-0.39, 0.29) is 24.7 Å². The Labute approximate surface area is 125 Å². The highest BCUT2D eigenvalue weighted by molar-refractivity contribution is 6.00. The molecule has 1 N–H and O–H groups in total. The van der Waals surface area contributed by atoms with E-state index < -0.39 is 23.6 Å². The number of methoxy groups -OCH3 is 3. The first-order valence-corrected chi connectivity index (χ1v) is 6.85. The van der Waals surface area contributed by atoms with E-state index in [4.69, 9.17) is 14.2 Å². The predicted molar refractivity (Wildman–Crippen MR) is 75.1 cm³/mol. The van der Waals surface area contributed by atoms with Crippen LogP contribution in [-0.4, -0.2) is 44.7 Å². The van der Waals surface area contributed by atoms with Crippen LogP contribution in [0.15, 0.2) is 12.2 Å². The lowest BCUT2D eigenvalue weighted by Crippen LogP contribution is -2.39. The van der Waals surface area contributed by atoms with Crippen LogP contribution in [-0.2, 0) is 23.8 Å². The minimum absolute atomic E-state index is 0.0759. The van der Waals surface area contributed by atoms with Crippen LogP contribution >= 0.6 is 0 Å². The molecular weight excluding hydrogens is 276 g/mol. The normalized spacial score (nSPS) is 25.2. The number of allylic oxidation sites excluding steroid dienone is 1. The third-order valence-electron chi connectivity index (χ3n) is 4.31. The summed E-state index contributed by atoms with van der Waals surface area (Å²) in [6.45, 7) is 5.78. The molecular formula is C15H24O6. The van der Waals surface area contributed by atoms with E-state index in [0.29, 0.717) is 6.42 Å². The molecule has 1 aliphatic carbocycles. The zero-order chi connectivity index (χ0) is 16.2. The third kappa shape index (κ3) is 3.44. The summed E-state index contributed by atoms with van der Waals surface area (Å²) in [4.78, 5) is 24.3. The van der Waals surface area contributed by atoms with Crippen molar-refractivity contribution in [1.29, 1.82) is 0 Å². The molecule has 120 valence electrons. The minimum Gasteiger partial charge on any atom is -0.468 e. The largest absolute Gasteiger partial charge is 0.468 e. The van der Waals surface area contributed by atoms with Gasteiger partial charge in [-0.2, -0.15) is 0 Å². The second-order valence-electron chi connectivity index (χ2n) is 5.61. The van der Waals surface area contributed by atoms with Gasteiger partial charge in [-0.15, -0.1) is 0 Å². The molecule has 0 heterocycles. The van der Waals surface area contributed by atoms with Gasteiger partial charge in [0.25, 0.3) is 0 Å². The molecule has 0 bridgehead atoms. The standard InChI is InChI=1S/C15H24O6/c1-9(2)11-8-15(13(17)20-4,14(18)21-5)7-10(11)6-12(16)19-3/h10-12,16H,1,6-8H2,2-5H3. The molecule has 1 rings (SSSR count). The zero-order valence-corrected chi connectivity index (χ0v) is 13.0. The van der Waals surface area contributed by atoms with Gasteiger partial charge in [0.15, 0.2) is 11.7 Å². The molecule has 1 saturated carbocycles. The lowest BCUT2D eigenvalue weighted by atomic mass is 9.84. The predicted octanol–water partition coefficient (Wildman–Crippen LogP) is 1.28. The van der Waals surface area contributed by atoms with E-state index >= 15 is 0 Å². The summed E-state index contributed by atoms with van der Waals surface area (Å²) >= 11 is 0. The van der Waals surface area contributed by atoms with Crippen LogP contribution in [0.3, 0.4) is 0 Å². The van der Waals surface area contributed by atoms with E-state index in [0.717, 1.165) is 5.57 Å². The van der Waals surface area contributed by atoms with Gasteiger partial charge in [-0.05, 0) is 31.6 Å². The van der Waals surface area contributed by atoms with Crippen molar-refractivity contribution >= 4 is 11.9 Å². The van der Waals surface area contributed by atoms with Crippen molar-refractivity contribution < 1.29 is 28.9 Å². The fourth-order valence-electron chi connectivity index (χ4n) is 3.20. The van der Waals surface area contributed by atoms with Crippen molar-refractivity contribution in [1.82, 2.24) is 0 Å². The summed E-state index contributed by atoms with van der Waals surface area (Å²) in [5.74, 6) is -1.38. The quantitative estimate of drug-likeness (QED) is 0.344. The summed E-state index contributed by atoms with van der Waals surface area (Å²) in [5, 5.41) is 9.70. The molecule has 1 fully saturated rings. The lowest BCUT2D eigenvalue weighted by Gasteiger charge is -2.23. The molecule has 0 radical (unpaired) electrons. The Morgan fingerprint density at radius 3 is 2.14 bits per heavy atom. The Hall–Kier alpha value is -1.40. The van der Waals surface area contributed by atoms with Gasteiger partial charge >= 0.3 is 11.9 Å². The number of esters is 2. The molecule has 3 unspecified atom stereocenters. The van der Waals surface area contributed by atoms with Gasteiger partial charge < -0.3 is 19.3 Å². The molecule has 6 heteroatoms. The average Bonchev–Trinajstić information content (AvgIpc) is 2.86. The topological polar surface area (TPSA) is 82.1 Å². The maximum atomic E-state index is 12.2. The molecule has 6 nitrogen and oxygen atoms in total. The molecule has 0 amide bonds. The maximum absolute atomic E-state index is 12.2. The van der Waals surface area contributed by atoms with Crippen LogP contribution in [0.25, 0.3) is 0 Å². The van der Waals surface area contributed by atoms with Crippen LogP contribution in [0.2, 0.25) is 0 Å². The van der Waals surface area contributed by atoms with E-state index in [1.807, 2.05) is 6.92 Å². The van der Waals surface area contributed by atoms with Gasteiger partial charge in [-0.3, -0.25) is 9.59 Å². The average molecular weight is 300 g/mol. The molecule has 1 aliphatic rings. The van der Waals surface area contributed by atoms with Gasteiger partial charge in [-0.1, -0.05) is 12.2 Å². The number of rotatable bonds is 6. The van der Waals surface area contributed by atoms with Crippen molar-refractivity contribution in [2.45, 2.75) is 32.5 Å². The monoisotopic (exact) mass is 300 g/mol.